The van der Waals surface area contributed by atoms with Gasteiger partial charge < -0.3 is 4.90 Å². The molecule has 3 aromatic rings. The molecule has 0 bridgehead atoms. The Morgan fingerprint density at radius 2 is 0.900 bits per heavy atom. The fraction of sp³-hybridized carbons (Fsp3) is 0.447. The number of amides is 1. The molecule has 0 N–H and O–H groups in total. The molecular formula is C38H51NO. The SMILES string of the molecule is CCCCCCCCN(CCCCCCCC)C(=O)C=CC(c1ccccc1)(c1ccccc1)c1ccccc1. The zero-order chi connectivity index (χ0) is 28.3. The second kappa shape index (κ2) is 18.3. The van der Waals surface area contributed by atoms with Crippen LogP contribution in [0.5, 0.6) is 0 Å². The van der Waals surface area contributed by atoms with Crippen molar-refractivity contribution >= 4 is 5.91 Å². The monoisotopic (exact) mass is 537 g/mol. The normalized spacial score (nSPS) is 11.7. The van der Waals surface area contributed by atoms with Crippen molar-refractivity contribution in [2.45, 2.75) is 96.3 Å². The van der Waals surface area contributed by atoms with Gasteiger partial charge in [0.2, 0.25) is 5.91 Å². The van der Waals surface area contributed by atoms with E-state index in [1.54, 1.807) is 0 Å². The average Bonchev–Trinajstić information content (AvgIpc) is 3.01. The second-order valence-corrected chi connectivity index (χ2v) is 11.1. The molecule has 0 saturated heterocycles. The molecule has 0 aliphatic carbocycles. The Bertz CT molecular complexity index is 977. The lowest BCUT2D eigenvalue weighted by atomic mass is 9.69. The largest absolute Gasteiger partial charge is 0.339 e. The van der Waals surface area contributed by atoms with Gasteiger partial charge in [-0.15, -0.1) is 0 Å². The van der Waals surface area contributed by atoms with Gasteiger partial charge in [0.15, 0.2) is 0 Å². The molecule has 3 aromatic carbocycles. The maximum atomic E-state index is 13.9. The number of nitrogens with zero attached hydrogens (tertiary/aromatic N) is 1. The Hall–Kier alpha value is -3.13. The molecular weight excluding hydrogens is 486 g/mol. The van der Waals surface area contributed by atoms with E-state index in [0.717, 1.165) is 42.6 Å². The van der Waals surface area contributed by atoms with Gasteiger partial charge in [-0.05, 0) is 29.5 Å². The average molecular weight is 538 g/mol. The quantitative estimate of drug-likeness (QED) is 0.0846. The van der Waals surface area contributed by atoms with Gasteiger partial charge in [-0.25, -0.2) is 0 Å². The van der Waals surface area contributed by atoms with Crippen molar-refractivity contribution in [3.05, 3.63) is 120 Å². The zero-order valence-electron chi connectivity index (χ0n) is 25.1. The second-order valence-electron chi connectivity index (χ2n) is 11.1. The van der Waals surface area contributed by atoms with Gasteiger partial charge >= 0.3 is 0 Å². The molecule has 2 nitrogen and oxygen atoms in total. The van der Waals surface area contributed by atoms with Gasteiger partial charge in [0, 0.05) is 19.2 Å². The number of allylic oxidation sites excluding steroid dienone is 1. The van der Waals surface area contributed by atoms with Gasteiger partial charge in [-0.1, -0.05) is 175 Å². The minimum atomic E-state index is -0.550. The van der Waals surface area contributed by atoms with Gasteiger partial charge in [0.05, 0.1) is 5.41 Å². The highest BCUT2D eigenvalue weighted by molar-refractivity contribution is 5.88. The minimum Gasteiger partial charge on any atom is -0.339 e. The first kappa shape index (κ1) is 31.4. The lowest BCUT2D eigenvalue weighted by Gasteiger charge is -2.33. The van der Waals surface area contributed by atoms with Crippen LogP contribution in [-0.2, 0) is 10.2 Å². The zero-order valence-corrected chi connectivity index (χ0v) is 25.1. The molecule has 3 rings (SSSR count). The summed E-state index contributed by atoms with van der Waals surface area (Å²) < 4.78 is 0. The van der Waals surface area contributed by atoms with E-state index in [1.165, 1.54) is 64.2 Å². The Morgan fingerprint density at radius 3 is 1.27 bits per heavy atom. The van der Waals surface area contributed by atoms with Crippen molar-refractivity contribution in [2.75, 3.05) is 13.1 Å². The van der Waals surface area contributed by atoms with E-state index in [9.17, 15) is 4.79 Å². The molecule has 0 aliphatic heterocycles. The third-order valence-electron chi connectivity index (χ3n) is 8.04. The van der Waals surface area contributed by atoms with E-state index >= 15 is 0 Å². The first-order valence-corrected chi connectivity index (χ1v) is 15.9. The van der Waals surface area contributed by atoms with Crippen LogP contribution in [0.25, 0.3) is 0 Å². The van der Waals surface area contributed by atoms with Crippen LogP contribution in [-0.4, -0.2) is 23.9 Å². The summed E-state index contributed by atoms with van der Waals surface area (Å²) in [6, 6.07) is 31.8. The van der Waals surface area contributed by atoms with Crippen molar-refractivity contribution in [1.82, 2.24) is 4.90 Å². The topological polar surface area (TPSA) is 20.3 Å². The summed E-state index contributed by atoms with van der Waals surface area (Å²) in [5, 5.41) is 0. The molecule has 40 heavy (non-hydrogen) atoms. The number of unbranched alkanes of at least 4 members (excludes halogenated alkanes) is 10. The van der Waals surface area contributed by atoms with E-state index < -0.39 is 5.41 Å². The summed E-state index contributed by atoms with van der Waals surface area (Å²) in [6.07, 6.45) is 18.9. The number of carbonyl (C=O) groups is 1. The van der Waals surface area contributed by atoms with Gasteiger partial charge in [-0.2, -0.15) is 0 Å². The maximum Gasteiger partial charge on any atom is 0.246 e. The summed E-state index contributed by atoms with van der Waals surface area (Å²) in [4.78, 5) is 16.0. The van der Waals surface area contributed by atoms with Crippen molar-refractivity contribution < 1.29 is 4.79 Å². The Morgan fingerprint density at radius 1 is 0.550 bits per heavy atom. The van der Waals surface area contributed by atoms with Crippen LogP contribution in [0.1, 0.15) is 108 Å². The first-order chi connectivity index (χ1) is 19.7. The molecule has 0 radical (unpaired) electrons. The molecule has 0 spiro atoms. The number of rotatable bonds is 19. The Balaban J connectivity index is 1.87. The van der Waals surface area contributed by atoms with E-state index in [2.05, 4.69) is 116 Å². The van der Waals surface area contributed by atoms with Crippen LogP contribution in [0.2, 0.25) is 0 Å². The third kappa shape index (κ3) is 9.51. The lowest BCUT2D eigenvalue weighted by molar-refractivity contribution is -0.126. The van der Waals surface area contributed by atoms with E-state index in [0.29, 0.717) is 0 Å². The number of hydrogen-bond acceptors (Lipinski definition) is 1. The van der Waals surface area contributed by atoms with Crippen LogP contribution in [0, 0.1) is 0 Å². The van der Waals surface area contributed by atoms with Crippen LogP contribution < -0.4 is 0 Å². The van der Waals surface area contributed by atoms with Crippen LogP contribution in [0.15, 0.2) is 103 Å². The summed E-state index contributed by atoms with van der Waals surface area (Å²) in [6.45, 7) is 6.21. The van der Waals surface area contributed by atoms with E-state index in [-0.39, 0.29) is 5.91 Å². The summed E-state index contributed by atoms with van der Waals surface area (Å²) >= 11 is 0. The molecule has 1 amide bonds. The fourth-order valence-corrected chi connectivity index (χ4v) is 5.69. The van der Waals surface area contributed by atoms with Gasteiger partial charge in [0.25, 0.3) is 0 Å². The molecule has 0 aliphatic rings. The summed E-state index contributed by atoms with van der Waals surface area (Å²) in [5.74, 6) is 0.134. The van der Waals surface area contributed by atoms with E-state index in [4.69, 9.17) is 0 Å². The van der Waals surface area contributed by atoms with Crippen molar-refractivity contribution in [1.29, 1.82) is 0 Å². The minimum absolute atomic E-state index is 0.134. The highest BCUT2D eigenvalue weighted by Crippen LogP contribution is 2.40. The maximum absolute atomic E-state index is 13.9. The fourth-order valence-electron chi connectivity index (χ4n) is 5.69. The number of carbonyl (C=O) groups excluding carboxylic acids is 1. The highest BCUT2D eigenvalue weighted by Gasteiger charge is 2.34. The van der Waals surface area contributed by atoms with E-state index in [1.807, 2.05) is 6.08 Å². The predicted molar refractivity (Wildman–Crippen MR) is 172 cm³/mol. The molecule has 0 aromatic heterocycles. The molecule has 214 valence electrons. The highest BCUT2D eigenvalue weighted by atomic mass is 16.2. The molecule has 0 fully saturated rings. The molecule has 0 saturated carbocycles. The van der Waals surface area contributed by atoms with Gasteiger partial charge in [0.1, 0.15) is 0 Å². The summed E-state index contributed by atoms with van der Waals surface area (Å²) in [7, 11) is 0. The van der Waals surface area contributed by atoms with Crippen LogP contribution >= 0.6 is 0 Å². The standard InChI is InChI=1S/C38H51NO/c1-3-5-7-9-11-22-32-39(33-23-12-10-8-6-4-2)37(40)30-31-38(34-24-16-13-17-25-34,35-26-18-14-19-27-35)36-28-20-15-21-29-36/h13-21,24-31H,3-12,22-23,32-33H2,1-2H3. The van der Waals surface area contributed by atoms with Crippen LogP contribution in [0.3, 0.4) is 0 Å². The van der Waals surface area contributed by atoms with Crippen molar-refractivity contribution in [3.63, 3.8) is 0 Å². The number of hydrogen-bond donors (Lipinski definition) is 0. The molecule has 0 unspecified atom stereocenters. The number of benzene rings is 3. The van der Waals surface area contributed by atoms with Gasteiger partial charge in [-0.3, -0.25) is 4.79 Å². The predicted octanol–water partition coefficient (Wildman–Crippen LogP) is 10.1. The molecule has 0 atom stereocenters. The smallest absolute Gasteiger partial charge is 0.246 e. The first-order valence-electron chi connectivity index (χ1n) is 15.9. The van der Waals surface area contributed by atoms with Crippen LogP contribution in [0.4, 0.5) is 0 Å². The van der Waals surface area contributed by atoms with Crippen molar-refractivity contribution in [2.24, 2.45) is 0 Å². The Labute approximate surface area is 244 Å². The van der Waals surface area contributed by atoms with Crippen molar-refractivity contribution in [3.8, 4) is 0 Å². The Kier molecular flexibility index (Phi) is 14.3. The summed E-state index contributed by atoms with van der Waals surface area (Å²) in [5.41, 5.74) is 2.94. The molecule has 0 heterocycles. The molecule has 2 heteroatoms. The third-order valence-corrected chi connectivity index (χ3v) is 8.04. The lowest BCUT2D eigenvalue weighted by Crippen LogP contribution is -2.33.